The molecular formula is C17H22N4S2. The van der Waals surface area contributed by atoms with Crippen molar-refractivity contribution in [2.75, 3.05) is 6.54 Å². The molecule has 0 aliphatic heterocycles. The SMILES string of the molecule is S=C(NCCc1ccccc1)NNC(=S)NC1CC2C=CC1C2. The van der Waals surface area contributed by atoms with Crippen molar-refractivity contribution in [2.45, 2.75) is 25.3 Å². The summed E-state index contributed by atoms with van der Waals surface area (Å²) in [7, 11) is 0. The van der Waals surface area contributed by atoms with E-state index in [2.05, 4.69) is 45.8 Å². The van der Waals surface area contributed by atoms with Gasteiger partial charge in [-0.2, -0.15) is 0 Å². The average molecular weight is 347 g/mol. The van der Waals surface area contributed by atoms with E-state index in [-0.39, 0.29) is 0 Å². The zero-order valence-electron chi connectivity index (χ0n) is 12.9. The van der Waals surface area contributed by atoms with Gasteiger partial charge >= 0.3 is 0 Å². The fourth-order valence-electron chi connectivity index (χ4n) is 3.27. The highest BCUT2D eigenvalue weighted by molar-refractivity contribution is 7.80. The molecule has 0 heterocycles. The van der Waals surface area contributed by atoms with E-state index in [4.69, 9.17) is 24.4 Å². The third-order valence-corrected chi connectivity index (χ3v) is 4.89. The number of nitrogens with one attached hydrogen (secondary N) is 4. The third-order valence-electron chi connectivity index (χ3n) is 4.43. The van der Waals surface area contributed by atoms with Gasteiger partial charge < -0.3 is 10.6 Å². The van der Waals surface area contributed by atoms with Crippen molar-refractivity contribution in [3.63, 3.8) is 0 Å². The van der Waals surface area contributed by atoms with E-state index in [1.165, 1.54) is 18.4 Å². The molecule has 2 aliphatic carbocycles. The van der Waals surface area contributed by atoms with Crippen molar-refractivity contribution in [2.24, 2.45) is 11.8 Å². The number of hydrogen-bond donors (Lipinski definition) is 4. The van der Waals surface area contributed by atoms with Crippen molar-refractivity contribution in [1.29, 1.82) is 0 Å². The van der Waals surface area contributed by atoms with E-state index in [1.54, 1.807) is 0 Å². The van der Waals surface area contributed by atoms with Gasteiger partial charge in [0.1, 0.15) is 0 Å². The lowest BCUT2D eigenvalue weighted by molar-refractivity contribution is 0.518. The number of hydrazine groups is 1. The Kier molecular flexibility index (Phi) is 5.46. The monoisotopic (exact) mass is 346 g/mol. The Balaban J connectivity index is 1.29. The highest BCUT2D eigenvalue weighted by Gasteiger charge is 2.35. The molecule has 6 heteroatoms. The number of benzene rings is 1. The number of allylic oxidation sites excluding steroid dienone is 1. The second-order valence-corrected chi connectivity index (χ2v) is 6.92. The molecule has 4 N–H and O–H groups in total. The van der Waals surface area contributed by atoms with Crippen LogP contribution >= 0.6 is 24.4 Å². The Labute approximate surface area is 148 Å². The summed E-state index contributed by atoms with van der Waals surface area (Å²) in [5.41, 5.74) is 7.18. The summed E-state index contributed by atoms with van der Waals surface area (Å²) < 4.78 is 0. The summed E-state index contributed by atoms with van der Waals surface area (Å²) in [6, 6.07) is 10.8. The normalized spacial score (nSPS) is 24.3. The number of fused-ring (bicyclic) bond motifs is 2. The predicted octanol–water partition coefficient (Wildman–Crippen LogP) is 2.04. The molecule has 1 fully saturated rings. The molecule has 2 bridgehead atoms. The molecule has 0 aromatic heterocycles. The number of rotatable bonds is 4. The van der Waals surface area contributed by atoms with Gasteiger partial charge in [0.25, 0.3) is 0 Å². The molecule has 2 aliphatic rings. The van der Waals surface area contributed by atoms with Gasteiger partial charge in [-0.3, -0.25) is 10.9 Å². The first-order chi connectivity index (χ1) is 11.2. The number of thiocarbonyl (C=S) groups is 2. The molecule has 1 aromatic carbocycles. The maximum atomic E-state index is 5.32. The molecule has 4 nitrogen and oxygen atoms in total. The van der Waals surface area contributed by atoms with Crippen LogP contribution in [0.3, 0.4) is 0 Å². The molecule has 0 radical (unpaired) electrons. The van der Waals surface area contributed by atoms with E-state index < -0.39 is 0 Å². The summed E-state index contributed by atoms with van der Waals surface area (Å²) in [5.74, 6) is 1.35. The summed E-state index contributed by atoms with van der Waals surface area (Å²) >= 11 is 10.6. The molecule has 0 amide bonds. The molecule has 1 saturated carbocycles. The molecule has 23 heavy (non-hydrogen) atoms. The zero-order valence-corrected chi connectivity index (χ0v) is 14.6. The van der Waals surface area contributed by atoms with Gasteiger partial charge in [0.15, 0.2) is 10.2 Å². The van der Waals surface area contributed by atoms with Crippen molar-refractivity contribution < 1.29 is 0 Å². The second kappa shape index (κ2) is 7.75. The van der Waals surface area contributed by atoms with Crippen LogP contribution in [0.2, 0.25) is 0 Å². The van der Waals surface area contributed by atoms with Gasteiger partial charge in [-0.1, -0.05) is 42.5 Å². The van der Waals surface area contributed by atoms with Crippen LogP contribution < -0.4 is 21.5 Å². The van der Waals surface area contributed by atoms with Crippen LogP contribution in [0.1, 0.15) is 18.4 Å². The Bertz CT molecular complexity index is 588. The Hall–Kier alpha value is -1.66. The minimum absolute atomic E-state index is 0.450. The standard InChI is InChI=1S/C17H22N4S2/c22-16(18-9-8-12-4-2-1-3-5-12)20-21-17(23)19-15-11-13-6-7-14(15)10-13/h1-7,13-15H,8-11H2,(H2,18,20,22)(H2,19,21,23). The highest BCUT2D eigenvalue weighted by Crippen LogP contribution is 2.38. The minimum atomic E-state index is 0.450. The third kappa shape index (κ3) is 4.65. The number of hydrogen-bond acceptors (Lipinski definition) is 2. The molecule has 3 atom stereocenters. The van der Waals surface area contributed by atoms with Gasteiger partial charge in [0.05, 0.1) is 0 Å². The first-order valence-electron chi connectivity index (χ1n) is 8.03. The first kappa shape index (κ1) is 16.2. The van der Waals surface area contributed by atoms with Crippen LogP contribution in [0.5, 0.6) is 0 Å². The quantitative estimate of drug-likeness (QED) is 0.380. The van der Waals surface area contributed by atoms with E-state index in [0.29, 0.717) is 22.2 Å². The summed E-state index contributed by atoms with van der Waals surface area (Å²) in [5, 5.41) is 7.69. The second-order valence-electron chi connectivity index (χ2n) is 6.10. The summed E-state index contributed by atoms with van der Waals surface area (Å²) in [6.45, 7) is 0.787. The van der Waals surface area contributed by atoms with Crippen molar-refractivity contribution in [3.05, 3.63) is 48.0 Å². The molecule has 3 rings (SSSR count). The lowest BCUT2D eigenvalue weighted by Crippen LogP contribution is -2.53. The molecule has 0 saturated heterocycles. The maximum Gasteiger partial charge on any atom is 0.185 e. The van der Waals surface area contributed by atoms with Crippen LogP contribution in [-0.2, 0) is 6.42 Å². The van der Waals surface area contributed by atoms with Gasteiger partial charge in [-0.15, -0.1) is 0 Å². The Morgan fingerprint density at radius 1 is 1.00 bits per heavy atom. The molecule has 122 valence electrons. The zero-order chi connectivity index (χ0) is 16.1. The maximum absolute atomic E-state index is 5.32. The van der Waals surface area contributed by atoms with Gasteiger partial charge in [0.2, 0.25) is 0 Å². The minimum Gasteiger partial charge on any atom is -0.361 e. The van der Waals surface area contributed by atoms with Gasteiger partial charge in [-0.25, -0.2) is 0 Å². The van der Waals surface area contributed by atoms with Crippen LogP contribution in [0, 0.1) is 11.8 Å². The molecular weight excluding hydrogens is 324 g/mol. The molecule has 3 unspecified atom stereocenters. The fourth-order valence-corrected chi connectivity index (χ4v) is 3.63. The Morgan fingerprint density at radius 2 is 1.78 bits per heavy atom. The topological polar surface area (TPSA) is 48.1 Å². The van der Waals surface area contributed by atoms with Crippen molar-refractivity contribution >= 4 is 34.7 Å². The predicted molar refractivity (Wildman–Crippen MR) is 102 cm³/mol. The van der Waals surface area contributed by atoms with E-state index in [1.807, 2.05) is 18.2 Å². The van der Waals surface area contributed by atoms with Gasteiger partial charge in [-0.05, 0) is 61.1 Å². The Morgan fingerprint density at radius 3 is 2.48 bits per heavy atom. The lowest BCUT2D eigenvalue weighted by atomic mass is 10.0. The average Bonchev–Trinajstić information content (AvgIpc) is 3.17. The van der Waals surface area contributed by atoms with Gasteiger partial charge in [0, 0.05) is 12.6 Å². The van der Waals surface area contributed by atoms with Crippen LogP contribution in [0.4, 0.5) is 0 Å². The van der Waals surface area contributed by atoms with E-state index in [0.717, 1.165) is 18.9 Å². The van der Waals surface area contributed by atoms with E-state index >= 15 is 0 Å². The van der Waals surface area contributed by atoms with Crippen molar-refractivity contribution in [3.8, 4) is 0 Å². The van der Waals surface area contributed by atoms with Crippen LogP contribution in [0.25, 0.3) is 0 Å². The van der Waals surface area contributed by atoms with Crippen LogP contribution in [-0.4, -0.2) is 22.8 Å². The highest BCUT2D eigenvalue weighted by atomic mass is 32.1. The van der Waals surface area contributed by atoms with Crippen LogP contribution in [0.15, 0.2) is 42.5 Å². The smallest absolute Gasteiger partial charge is 0.185 e. The molecule has 0 spiro atoms. The van der Waals surface area contributed by atoms with Crippen molar-refractivity contribution in [1.82, 2.24) is 21.5 Å². The fraction of sp³-hybridized carbons (Fsp3) is 0.412. The molecule has 1 aromatic rings. The summed E-state index contributed by atoms with van der Waals surface area (Å²) in [4.78, 5) is 0. The van der Waals surface area contributed by atoms with E-state index in [9.17, 15) is 0 Å². The summed E-state index contributed by atoms with van der Waals surface area (Å²) in [6.07, 6.45) is 7.99. The largest absolute Gasteiger partial charge is 0.361 e. The first-order valence-corrected chi connectivity index (χ1v) is 8.85. The lowest BCUT2D eigenvalue weighted by Gasteiger charge is -2.22.